The van der Waals surface area contributed by atoms with Crippen LogP contribution in [0.2, 0.25) is 0 Å². The summed E-state index contributed by atoms with van der Waals surface area (Å²) < 4.78 is 3.38. The van der Waals surface area contributed by atoms with Crippen LogP contribution in [0.4, 0.5) is 0 Å². The highest BCUT2D eigenvalue weighted by molar-refractivity contribution is 5.84. The van der Waals surface area contributed by atoms with E-state index in [0.29, 0.717) is 17.5 Å². The number of imidazole rings is 1. The van der Waals surface area contributed by atoms with Crippen molar-refractivity contribution in [3.05, 3.63) is 186 Å². The van der Waals surface area contributed by atoms with Gasteiger partial charge in [0, 0.05) is 30.8 Å². The first-order valence-corrected chi connectivity index (χ1v) is 17.9. The van der Waals surface area contributed by atoms with Crippen molar-refractivity contribution >= 4 is 11.0 Å². The number of fused-ring (bicyclic) bond motifs is 1. The van der Waals surface area contributed by atoms with Gasteiger partial charge in [-0.15, -0.1) is 0 Å². The Labute approximate surface area is 313 Å². The lowest BCUT2D eigenvalue weighted by Crippen LogP contribution is -2.19. The summed E-state index contributed by atoms with van der Waals surface area (Å²) in [7, 11) is 3.62. The summed E-state index contributed by atoms with van der Waals surface area (Å²) in [6.45, 7) is 0. The summed E-state index contributed by atoms with van der Waals surface area (Å²) >= 11 is 0. The van der Waals surface area contributed by atoms with E-state index in [1.54, 1.807) is 16.2 Å². The molecule has 0 aliphatic carbocycles. The van der Waals surface area contributed by atoms with E-state index in [4.69, 9.17) is 15.0 Å². The zero-order chi connectivity index (χ0) is 36.6. The fourth-order valence-electron chi connectivity index (χ4n) is 7.10. The normalized spacial score (nSPS) is 11.2. The van der Waals surface area contributed by atoms with Crippen molar-refractivity contribution in [3.8, 4) is 78.7 Å². The summed E-state index contributed by atoms with van der Waals surface area (Å²) in [6, 6.07) is 60.5. The first-order chi connectivity index (χ1) is 26.5. The second kappa shape index (κ2) is 13.7. The first kappa shape index (κ1) is 32.7. The third-order valence-electron chi connectivity index (χ3n) is 10.1. The van der Waals surface area contributed by atoms with Crippen molar-refractivity contribution in [2.75, 3.05) is 0 Å². The van der Waals surface area contributed by atoms with Crippen molar-refractivity contribution in [1.29, 1.82) is 0 Å². The Morgan fingerprint density at radius 1 is 0.333 bits per heavy atom. The number of hydrogen-bond acceptors (Lipinski definition) is 4. The summed E-state index contributed by atoms with van der Waals surface area (Å²) in [6.07, 6.45) is 0. The van der Waals surface area contributed by atoms with Gasteiger partial charge < -0.3 is 0 Å². The molecule has 0 saturated heterocycles. The van der Waals surface area contributed by atoms with Gasteiger partial charge in [-0.05, 0) is 56.6 Å². The highest BCUT2D eigenvalue weighted by Gasteiger charge is 2.16. The smallest absolute Gasteiger partial charge is 0.295 e. The molecule has 9 rings (SSSR count). The SMILES string of the molecule is Cn1c(=O)n(C)c2cc(-c3ccc(-c4ccc(-c5ccc(-c6nc(-c7ccccc7)nc(-c7ccccc7-c7ccccc7)n6)cc5)cc4)cc3)ccc21. The molecule has 6 nitrogen and oxygen atoms in total. The third-order valence-corrected chi connectivity index (χ3v) is 10.1. The topological polar surface area (TPSA) is 65.6 Å². The number of aryl methyl sites for hydroxylation is 2. The van der Waals surface area contributed by atoms with Gasteiger partial charge in [0.25, 0.3) is 0 Å². The van der Waals surface area contributed by atoms with Crippen LogP contribution in [0, 0.1) is 0 Å². The maximum absolute atomic E-state index is 12.4. The van der Waals surface area contributed by atoms with Crippen LogP contribution in [-0.2, 0) is 14.1 Å². The molecule has 0 aliphatic rings. The average Bonchev–Trinajstić information content (AvgIpc) is 3.47. The van der Waals surface area contributed by atoms with E-state index in [9.17, 15) is 4.79 Å². The number of nitrogens with zero attached hydrogens (tertiary/aromatic N) is 5. The van der Waals surface area contributed by atoms with Gasteiger partial charge in [0.05, 0.1) is 11.0 Å². The molecule has 0 amide bonds. The Morgan fingerprint density at radius 2 is 0.704 bits per heavy atom. The minimum Gasteiger partial charge on any atom is -0.295 e. The number of hydrogen-bond donors (Lipinski definition) is 0. The standard InChI is InChI=1S/C48H35N5O/c1-52-43-30-29-40(31-44(43)53(2)48(52)54)36-23-21-34(22-24-36)32-17-19-33(20-18-32)35-25-27-39(28-26-35)46-49-45(38-13-7-4-8-14-38)50-47(51-46)42-16-10-9-15-41(42)37-11-5-3-6-12-37/h3-31H,1-2H3. The van der Waals surface area contributed by atoms with Crippen LogP contribution in [0.25, 0.3) is 89.7 Å². The summed E-state index contributed by atoms with van der Waals surface area (Å²) in [4.78, 5) is 27.4. The molecule has 258 valence electrons. The summed E-state index contributed by atoms with van der Waals surface area (Å²) in [5.74, 6) is 1.89. The fraction of sp³-hybridized carbons (Fsp3) is 0.0417. The second-order valence-electron chi connectivity index (χ2n) is 13.4. The molecule has 54 heavy (non-hydrogen) atoms. The number of rotatable bonds is 7. The molecule has 0 bridgehead atoms. The Hall–Kier alpha value is -7.18. The van der Waals surface area contributed by atoms with Crippen molar-refractivity contribution < 1.29 is 0 Å². The first-order valence-electron chi connectivity index (χ1n) is 17.9. The lowest BCUT2D eigenvalue weighted by atomic mass is 9.97. The molecule has 0 saturated carbocycles. The maximum atomic E-state index is 12.4. The van der Waals surface area contributed by atoms with Crippen LogP contribution in [0.1, 0.15) is 0 Å². The zero-order valence-corrected chi connectivity index (χ0v) is 29.9. The van der Waals surface area contributed by atoms with Gasteiger partial charge >= 0.3 is 5.69 Å². The van der Waals surface area contributed by atoms with E-state index in [0.717, 1.165) is 72.2 Å². The number of benzene rings is 7. The van der Waals surface area contributed by atoms with Crippen molar-refractivity contribution in [1.82, 2.24) is 24.1 Å². The van der Waals surface area contributed by atoms with Crippen LogP contribution in [0.5, 0.6) is 0 Å². The van der Waals surface area contributed by atoms with E-state index in [-0.39, 0.29) is 5.69 Å². The van der Waals surface area contributed by atoms with Gasteiger partial charge in [-0.25, -0.2) is 19.7 Å². The van der Waals surface area contributed by atoms with Gasteiger partial charge in [0.1, 0.15) is 0 Å². The van der Waals surface area contributed by atoms with Crippen LogP contribution in [-0.4, -0.2) is 24.1 Å². The molecular weight excluding hydrogens is 663 g/mol. The van der Waals surface area contributed by atoms with Gasteiger partial charge in [-0.2, -0.15) is 0 Å². The predicted octanol–water partition coefficient (Wildman–Crippen LogP) is 10.7. The molecule has 9 aromatic rings. The Morgan fingerprint density at radius 3 is 1.24 bits per heavy atom. The predicted molar refractivity (Wildman–Crippen MR) is 220 cm³/mol. The molecule has 0 unspecified atom stereocenters. The second-order valence-corrected chi connectivity index (χ2v) is 13.4. The van der Waals surface area contributed by atoms with Crippen LogP contribution in [0.3, 0.4) is 0 Å². The highest BCUT2D eigenvalue weighted by atomic mass is 16.1. The average molecular weight is 698 g/mol. The van der Waals surface area contributed by atoms with Gasteiger partial charge in [0.2, 0.25) is 0 Å². The lowest BCUT2D eigenvalue weighted by molar-refractivity contribution is 0.795. The zero-order valence-electron chi connectivity index (χ0n) is 29.9. The Kier molecular flexibility index (Phi) is 8.33. The molecule has 0 radical (unpaired) electrons. The molecule has 0 N–H and O–H groups in total. The molecule has 2 heterocycles. The van der Waals surface area contributed by atoms with E-state index in [2.05, 4.69) is 109 Å². The Bertz CT molecular complexity index is 2820. The van der Waals surface area contributed by atoms with E-state index >= 15 is 0 Å². The highest BCUT2D eigenvalue weighted by Crippen LogP contribution is 2.34. The van der Waals surface area contributed by atoms with E-state index in [1.165, 1.54) is 0 Å². The third kappa shape index (κ3) is 6.10. The molecule has 0 aliphatic heterocycles. The van der Waals surface area contributed by atoms with Crippen LogP contribution in [0.15, 0.2) is 181 Å². The van der Waals surface area contributed by atoms with Crippen molar-refractivity contribution in [3.63, 3.8) is 0 Å². The van der Waals surface area contributed by atoms with Gasteiger partial charge in [-0.1, -0.05) is 164 Å². The van der Waals surface area contributed by atoms with Crippen LogP contribution >= 0.6 is 0 Å². The molecular formula is C48H35N5O. The minimum atomic E-state index is -0.0210. The minimum absolute atomic E-state index is 0.0210. The number of aromatic nitrogens is 5. The van der Waals surface area contributed by atoms with E-state index in [1.807, 2.05) is 73.8 Å². The molecule has 0 atom stereocenters. The van der Waals surface area contributed by atoms with Crippen molar-refractivity contribution in [2.45, 2.75) is 0 Å². The summed E-state index contributed by atoms with van der Waals surface area (Å²) in [5.41, 5.74) is 13.5. The van der Waals surface area contributed by atoms with Crippen LogP contribution < -0.4 is 5.69 Å². The monoisotopic (exact) mass is 697 g/mol. The van der Waals surface area contributed by atoms with Gasteiger partial charge in [-0.3, -0.25) is 9.13 Å². The lowest BCUT2D eigenvalue weighted by Gasteiger charge is -2.12. The van der Waals surface area contributed by atoms with Gasteiger partial charge in [0.15, 0.2) is 17.5 Å². The van der Waals surface area contributed by atoms with Crippen molar-refractivity contribution in [2.24, 2.45) is 14.1 Å². The molecule has 2 aromatic heterocycles. The fourth-order valence-corrected chi connectivity index (χ4v) is 7.10. The maximum Gasteiger partial charge on any atom is 0.328 e. The quantitative estimate of drug-likeness (QED) is 0.166. The molecule has 0 fully saturated rings. The largest absolute Gasteiger partial charge is 0.328 e. The van der Waals surface area contributed by atoms with E-state index < -0.39 is 0 Å². The Balaban J connectivity index is 0.992. The molecule has 0 spiro atoms. The molecule has 7 aromatic carbocycles. The summed E-state index contributed by atoms with van der Waals surface area (Å²) in [5, 5.41) is 0. The molecule has 6 heteroatoms.